The van der Waals surface area contributed by atoms with E-state index in [9.17, 15) is 8.42 Å². The molecule has 2 aromatic carbocycles. The minimum atomic E-state index is -1.33. The first kappa shape index (κ1) is 38.2. The number of imidazole rings is 2. The number of fused-ring (bicyclic) bond motifs is 2. The fourth-order valence-electron chi connectivity index (χ4n) is 5.22. The van der Waals surface area contributed by atoms with E-state index in [0.29, 0.717) is 10.3 Å². The fraction of sp³-hybridized carbons (Fsp3) is 0.294. The van der Waals surface area contributed by atoms with Gasteiger partial charge in [-0.05, 0) is 52.0 Å². The van der Waals surface area contributed by atoms with Crippen LogP contribution in [0.4, 0.5) is 0 Å². The minimum Gasteiger partial charge on any atom is -0.497 e. The summed E-state index contributed by atoms with van der Waals surface area (Å²) in [6.45, 7) is 7.72. The van der Waals surface area contributed by atoms with E-state index in [1.54, 1.807) is 40.8 Å². The van der Waals surface area contributed by atoms with Crippen LogP contribution in [-0.2, 0) is 33.1 Å². The van der Waals surface area contributed by atoms with E-state index in [2.05, 4.69) is 29.9 Å². The summed E-state index contributed by atoms with van der Waals surface area (Å²) in [5.41, 5.74) is 8.32. The molecule has 0 amide bonds. The first-order valence-electron chi connectivity index (χ1n) is 14.9. The normalized spacial score (nSPS) is 12.1. The van der Waals surface area contributed by atoms with Crippen LogP contribution in [0, 0.1) is 27.7 Å². The molecular formula is C34H38CaN6O6S2+2. The second-order valence-electron chi connectivity index (χ2n) is 10.9. The van der Waals surface area contributed by atoms with Crippen molar-refractivity contribution in [2.45, 2.75) is 49.5 Å². The van der Waals surface area contributed by atoms with E-state index in [4.69, 9.17) is 18.9 Å². The van der Waals surface area contributed by atoms with Crippen LogP contribution < -0.4 is 18.9 Å². The van der Waals surface area contributed by atoms with E-state index in [-0.39, 0.29) is 49.2 Å². The van der Waals surface area contributed by atoms with Crippen molar-refractivity contribution in [2.24, 2.45) is 0 Å². The molecule has 2 unspecified atom stereocenters. The first-order valence-corrected chi connectivity index (χ1v) is 17.5. The van der Waals surface area contributed by atoms with Crippen molar-refractivity contribution in [3.8, 4) is 23.0 Å². The van der Waals surface area contributed by atoms with E-state index >= 15 is 0 Å². The van der Waals surface area contributed by atoms with Crippen LogP contribution >= 0.6 is 0 Å². The van der Waals surface area contributed by atoms with E-state index < -0.39 is 21.6 Å². The minimum absolute atomic E-state index is 0. The van der Waals surface area contributed by atoms with Gasteiger partial charge in [-0.15, -0.1) is 0 Å². The largest absolute Gasteiger partial charge is 2.00 e. The fourth-order valence-corrected chi connectivity index (χ4v) is 7.42. The number of nitrogens with zero attached hydrogens (tertiary/aromatic N) is 4. The number of benzene rings is 2. The summed E-state index contributed by atoms with van der Waals surface area (Å²) in [5, 5.41) is 0.859. The molecule has 0 saturated carbocycles. The Bertz CT molecular complexity index is 2000. The topological polar surface area (TPSA) is 154 Å². The molecule has 0 spiro atoms. The Kier molecular flexibility index (Phi) is 13.2. The summed E-state index contributed by atoms with van der Waals surface area (Å²) in [6.07, 6.45) is 3.48. The number of pyridine rings is 2. The third-order valence-corrected chi connectivity index (χ3v) is 10.1. The molecule has 49 heavy (non-hydrogen) atoms. The predicted molar refractivity (Wildman–Crippen MR) is 192 cm³/mol. The number of aromatic amines is 2. The second kappa shape index (κ2) is 16.9. The molecule has 0 fully saturated rings. The SMILES string of the molecule is COc1ccc2nc(S(=O)Cc3ncc(C)c(OC)c3C)[nH]c2c1.COc1ccc2nc(S(=O)Cc3ncc(C)c(OC)c3C)[nH]c2c1.[Ca+2]. The van der Waals surface area contributed by atoms with Crippen molar-refractivity contribution in [3.63, 3.8) is 0 Å². The molecule has 6 aromatic rings. The molecule has 0 aliphatic rings. The van der Waals surface area contributed by atoms with Gasteiger partial charge in [0.15, 0.2) is 10.3 Å². The van der Waals surface area contributed by atoms with Crippen molar-refractivity contribution in [1.29, 1.82) is 0 Å². The molecule has 15 heteroatoms. The van der Waals surface area contributed by atoms with Gasteiger partial charge in [0.1, 0.15) is 23.0 Å². The monoisotopic (exact) mass is 730 g/mol. The standard InChI is InChI=1S/2C17H19N3O3S.Ca/c2*1-10-8-18-15(11(2)16(10)23-4)9-24(21)17-19-13-6-5-12(22-3)7-14(13)20-17;/h2*5-8H,9H2,1-4H3,(H,19,20);/q;;+2. The molecule has 4 aromatic heterocycles. The number of rotatable bonds is 10. The molecule has 2 atom stereocenters. The third kappa shape index (κ3) is 8.61. The summed E-state index contributed by atoms with van der Waals surface area (Å²) in [4.78, 5) is 23.8. The quantitative estimate of drug-likeness (QED) is 0.175. The van der Waals surface area contributed by atoms with Crippen molar-refractivity contribution in [2.75, 3.05) is 28.4 Å². The molecule has 4 heterocycles. The average Bonchev–Trinajstić information content (AvgIpc) is 3.72. The maximum Gasteiger partial charge on any atom is 2.00 e. The predicted octanol–water partition coefficient (Wildman–Crippen LogP) is 5.42. The molecule has 6 rings (SSSR count). The summed E-state index contributed by atoms with van der Waals surface area (Å²) in [5.74, 6) is 3.57. The number of hydrogen-bond acceptors (Lipinski definition) is 10. The molecule has 0 aliphatic carbocycles. The zero-order valence-corrected chi connectivity index (χ0v) is 32.6. The Morgan fingerprint density at radius 3 is 1.35 bits per heavy atom. The number of H-pyrrole nitrogens is 2. The van der Waals surface area contributed by atoms with Crippen molar-refractivity contribution in [1.82, 2.24) is 29.9 Å². The van der Waals surface area contributed by atoms with Crippen molar-refractivity contribution >= 4 is 81.4 Å². The Morgan fingerprint density at radius 2 is 1.00 bits per heavy atom. The van der Waals surface area contributed by atoms with Crippen LogP contribution in [0.25, 0.3) is 22.1 Å². The first-order chi connectivity index (χ1) is 23.1. The van der Waals surface area contributed by atoms with Crippen molar-refractivity contribution < 1.29 is 27.4 Å². The smallest absolute Gasteiger partial charge is 0.497 e. The average molecular weight is 731 g/mol. The molecule has 2 N–H and O–H groups in total. The maximum atomic E-state index is 12.7. The molecule has 0 bridgehead atoms. The maximum absolute atomic E-state index is 12.7. The molecular weight excluding hydrogens is 693 g/mol. The van der Waals surface area contributed by atoms with Crippen molar-refractivity contribution in [3.05, 3.63) is 82.4 Å². The van der Waals surface area contributed by atoms with E-state index in [0.717, 1.165) is 78.7 Å². The van der Waals surface area contributed by atoms with Gasteiger partial charge in [-0.1, -0.05) is 0 Å². The zero-order valence-electron chi connectivity index (χ0n) is 28.8. The number of methoxy groups -OCH3 is 4. The summed E-state index contributed by atoms with van der Waals surface area (Å²) < 4.78 is 46.5. The van der Waals surface area contributed by atoms with Crippen LogP contribution in [0.15, 0.2) is 59.1 Å². The van der Waals surface area contributed by atoms with E-state index in [1.165, 1.54) is 0 Å². The number of hydrogen-bond donors (Lipinski definition) is 2. The Hall–Kier alpha value is -3.56. The number of ether oxygens (including phenoxy) is 4. The van der Waals surface area contributed by atoms with Gasteiger partial charge in [0.25, 0.3) is 0 Å². The molecule has 0 radical (unpaired) electrons. The molecule has 252 valence electrons. The Labute approximate surface area is 319 Å². The van der Waals surface area contributed by atoms with Gasteiger partial charge in [-0.2, -0.15) is 0 Å². The van der Waals surface area contributed by atoms with Gasteiger partial charge < -0.3 is 28.9 Å². The zero-order chi connectivity index (χ0) is 34.5. The van der Waals surface area contributed by atoms with Crippen LogP contribution in [0.1, 0.15) is 33.6 Å². The Morgan fingerprint density at radius 1 is 0.612 bits per heavy atom. The third-order valence-electron chi connectivity index (χ3n) is 7.80. The van der Waals surface area contributed by atoms with Crippen LogP contribution in [0.2, 0.25) is 0 Å². The number of aromatic nitrogens is 6. The van der Waals surface area contributed by atoms with Crippen LogP contribution in [0.5, 0.6) is 23.0 Å². The van der Waals surface area contributed by atoms with Crippen LogP contribution in [-0.4, -0.2) is 104 Å². The summed E-state index contributed by atoms with van der Waals surface area (Å²) >= 11 is 0. The van der Waals surface area contributed by atoms with Gasteiger partial charge in [-0.25, -0.2) is 9.97 Å². The Balaban J connectivity index is 0.000000216. The van der Waals surface area contributed by atoms with Crippen LogP contribution in [0.3, 0.4) is 0 Å². The van der Waals surface area contributed by atoms with Gasteiger partial charge in [-0.3, -0.25) is 18.4 Å². The van der Waals surface area contributed by atoms with E-state index in [1.807, 2.05) is 64.1 Å². The van der Waals surface area contributed by atoms with Gasteiger partial charge in [0.05, 0.1) is 95.0 Å². The van der Waals surface area contributed by atoms with Gasteiger partial charge in [0.2, 0.25) is 0 Å². The number of nitrogens with one attached hydrogen (secondary N) is 2. The summed E-state index contributed by atoms with van der Waals surface area (Å²) in [6, 6.07) is 11.0. The molecule has 0 saturated heterocycles. The molecule has 12 nitrogen and oxygen atoms in total. The van der Waals surface area contributed by atoms with Gasteiger partial charge in [0, 0.05) is 46.8 Å². The van der Waals surface area contributed by atoms with Gasteiger partial charge >= 0.3 is 37.7 Å². The molecule has 0 aliphatic heterocycles. The number of aryl methyl sites for hydroxylation is 2. The second-order valence-corrected chi connectivity index (χ2v) is 13.7. The summed E-state index contributed by atoms with van der Waals surface area (Å²) in [7, 11) is 3.81.